The van der Waals surface area contributed by atoms with Crippen molar-refractivity contribution in [1.82, 2.24) is 5.32 Å². The molecular formula is C12H15FN2O3. The summed E-state index contributed by atoms with van der Waals surface area (Å²) in [7, 11) is 0. The Morgan fingerprint density at radius 2 is 2.33 bits per heavy atom. The summed E-state index contributed by atoms with van der Waals surface area (Å²) in [4.78, 5) is 9.88. The van der Waals surface area contributed by atoms with Gasteiger partial charge in [-0.2, -0.15) is 4.39 Å². The molecule has 1 saturated heterocycles. The van der Waals surface area contributed by atoms with E-state index in [2.05, 4.69) is 5.32 Å². The van der Waals surface area contributed by atoms with Crippen LogP contribution in [0.4, 0.5) is 10.1 Å². The number of nitrogens with one attached hydrogen (secondary N) is 1. The lowest BCUT2D eigenvalue weighted by Gasteiger charge is -2.22. The van der Waals surface area contributed by atoms with E-state index in [1.807, 2.05) is 0 Å². The molecule has 0 amide bonds. The Bertz CT molecular complexity index is 459. The van der Waals surface area contributed by atoms with Gasteiger partial charge in [-0.1, -0.05) is 0 Å². The molecule has 0 spiro atoms. The highest BCUT2D eigenvalue weighted by molar-refractivity contribution is 5.44. The minimum Gasteiger partial charge on any atom is -0.508 e. The molecule has 1 fully saturated rings. The summed E-state index contributed by atoms with van der Waals surface area (Å²) in [5.41, 5.74) is -0.136. The van der Waals surface area contributed by atoms with E-state index in [4.69, 9.17) is 0 Å². The van der Waals surface area contributed by atoms with Gasteiger partial charge in [0, 0.05) is 17.7 Å². The quantitative estimate of drug-likeness (QED) is 0.639. The molecule has 0 bridgehead atoms. The van der Waals surface area contributed by atoms with Gasteiger partial charge in [0.2, 0.25) is 5.82 Å². The predicted molar refractivity (Wildman–Crippen MR) is 64.0 cm³/mol. The van der Waals surface area contributed by atoms with Crippen LogP contribution in [0.1, 0.15) is 18.4 Å². The van der Waals surface area contributed by atoms with E-state index in [1.165, 1.54) is 0 Å². The Balaban J connectivity index is 2.21. The van der Waals surface area contributed by atoms with Crippen LogP contribution >= 0.6 is 0 Å². The summed E-state index contributed by atoms with van der Waals surface area (Å²) < 4.78 is 13.2. The van der Waals surface area contributed by atoms with Gasteiger partial charge in [-0.3, -0.25) is 10.1 Å². The van der Waals surface area contributed by atoms with Crippen molar-refractivity contribution in [3.05, 3.63) is 33.6 Å². The molecule has 6 heteroatoms. The van der Waals surface area contributed by atoms with Crippen LogP contribution in [0.5, 0.6) is 5.75 Å². The van der Waals surface area contributed by atoms with Gasteiger partial charge >= 0.3 is 5.69 Å². The van der Waals surface area contributed by atoms with Crippen LogP contribution in [0.15, 0.2) is 12.1 Å². The van der Waals surface area contributed by atoms with Crippen LogP contribution in [0.25, 0.3) is 0 Å². The highest BCUT2D eigenvalue weighted by atomic mass is 19.1. The molecule has 2 rings (SSSR count). The fourth-order valence-corrected chi connectivity index (χ4v) is 2.31. The highest BCUT2D eigenvalue weighted by Crippen LogP contribution is 2.29. The van der Waals surface area contributed by atoms with E-state index >= 15 is 0 Å². The van der Waals surface area contributed by atoms with Gasteiger partial charge in [0.05, 0.1) is 4.92 Å². The maximum absolute atomic E-state index is 13.2. The molecular weight excluding hydrogens is 239 g/mol. The Labute approximate surface area is 104 Å². The molecule has 1 aliphatic rings. The van der Waals surface area contributed by atoms with E-state index in [-0.39, 0.29) is 5.75 Å². The number of nitrogens with zero attached hydrogens (tertiary/aromatic N) is 1. The van der Waals surface area contributed by atoms with E-state index < -0.39 is 16.4 Å². The van der Waals surface area contributed by atoms with E-state index in [0.29, 0.717) is 17.9 Å². The first-order chi connectivity index (χ1) is 8.58. The van der Waals surface area contributed by atoms with Crippen LogP contribution < -0.4 is 5.32 Å². The third-order valence-electron chi connectivity index (χ3n) is 3.25. The first kappa shape index (κ1) is 12.8. The minimum absolute atomic E-state index is 0.205. The molecule has 1 aromatic carbocycles. The molecule has 1 unspecified atom stereocenters. The zero-order valence-electron chi connectivity index (χ0n) is 9.86. The fourth-order valence-electron chi connectivity index (χ4n) is 2.31. The molecule has 1 aliphatic heterocycles. The lowest BCUT2D eigenvalue weighted by atomic mass is 9.92. The second kappa shape index (κ2) is 5.30. The first-order valence-corrected chi connectivity index (χ1v) is 5.94. The molecule has 2 N–H and O–H groups in total. The highest BCUT2D eigenvalue weighted by Gasteiger charge is 2.21. The second-order valence-corrected chi connectivity index (χ2v) is 4.61. The van der Waals surface area contributed by atoms with Crippen molar-refractivity contribution >= 4 is 5.69 Å². The number of nitro benzene ring substituents is 1. The van der Waals surface area contributed by atoms with Crippen molar-refractivity contribution in [2.24, 2.45) is 5.92 Å². The molecule has 1 aromatic rings. The number of phenolic OH excluding ortho intramolecular Hbond substituents is 1. The summed E-state index contributed by atoms with van der Waals surface area (Å²) in [6.45, 7) is 1.80. The maximum atomic E-state index is 13.2. The summed E-state index contributed by atoms with van der Waals surface area (Å²) in [5, 5.41) is 23.5. The zero-order chi connectivity index (χ0) is 13.1. The van der Waals surface area contributed by atoms with Gasteiger partial charge in [0.25, 0.3) is 0 Å². The molecule has 18 heavy (non-hydrogen) atoms. The van der Waals surface area contributed by atoms with E-state index in [9.17, 15) is 19.6 Å². The van der Waals surface area contributed by atoms with Crippen molar-refractivity contribution in [3.8, 4) is 5.75 Å². The van der Waals surface area contributed by atoms with Crippen LogP contribution in [0, 0.1) is 21.8 Å². The number of nitro groups is 1. The molecule has 1 atom stereocenters. The summed E-state index contributed by atoms with van der Waals surface area (Å²) in [6, 6.07) is 1.96. The van der Waals surface area contributed by atoms with Crippen LogP contribution in [-0.4, -0.2) is 23.1 Å². The average molecular weight is 254 g/mol. The largest absolute Gasteiger partial charge is 0.508 e. The van der Waals surface area contributed by atoms with Crippen molar-refractivity contribution in [1.29, 1.82) is 0 Å². The number of hydrogen-bond donors (Lipinski definition) is 2. The Morgan fingerprint density at radius 1 is 1.56 bits per heavy atom. The predicted octanol–water partition coefficient (Wildman–Crippen LogP) is 1.98. The van der Waals surface area contributed by atoms with Crippen molar-refractivity contribution in [3.63, 3.8) is 0 Å². The van der Waals surface area contributed by atoms with Crippen molar-refractivity contribution < 1.29 is 14.4 Å². The number of aromatic hydroxyl groups is 1. The van der Waals surface area contributed by atoms with Gasteiger partial charge in [0.1, 0.15) is 5.75 Å². The summed E-state index contributed by atoms with van der Waals surface area (Å²) >= 11 is 0. The van der Waals surface area contributed by atoms with Crippen LogP contribution in [0.3, 0.4) is 0 Å². The number of phenols is 1. The van der Waals surface area contributed by atoms with Gasteiger partial charge in [-0.05, 0) is 38.3 Å². The third kappa shape index (κ3) is 2.76. The molecule has 1 heterocycles. The molecule has 0 aliphatic carbocycles. The van der Waals surface area contributed by atoms with Crippen molar-refractivity contribution in [2.75, 3.05) is 13.1 Å². The minimum atomic E-state index is -0.997. The monoisotopic (exact) mass is 254 g/mol. The second-order valence-electron chi connectivity index (χ2n) is 4.61. The van der Waals surface area contributed by atoms with E-state index in [0.717, 1.165) is 38.1 Å². The standard InChI is InChI=1S/C12H15FN2O3/c13-10-6-12(16)9(5-11(10)15(17)18)4-8-2-1-3-14-7-8/h5-6,8,14,16H,1-4,7H2. The first-order valence-electron chi connectivity index (χ1n) is 5.94. The smallest absolute Gasteiger partial charge is 0.305 e. The summed E-state index contributed by atoms with van der Waals surface area (Å²) in [5.74, 6) is -0.874. The normalized spacial score (nSPS) is 19.7. The number of halogens is 1. The Morgan fingerprint density at radius 3 is 2.94 bits per heavy atom. The SMILES string of the molecule is O=[N+]([O-])c1cc(CC2CCCNC2)c(O)cc1F. The number of hydrogen-bond acceptors (Lipinski definition) is 4. The number of benzene rings is 1. The van der Waals surface area contributed by atoms with Gasteiger partial charge in [-0.15, -0.1) is 0 Å². The Kier molecular flexibility index (Phi) is 3.76. The lowest BCUT2D eigenvalue weighted by Crippen LogP contribution is -2.30. The topological polar surface area (TPSA) is 75.4 Å². The van der Waals surface area contributed by atoms with E-state index in [1.54, 1.807) is 0 Å². The van der Waals surface area contributed by atoms with Crippen LogP contribution in [0.2, 0.25) is 0 Å². The molecule has 0 saturated carbocycles. The molecule has 0 radical (unpaired) electrons. The molecule has 5 nitrogen and oxygen atoms in total. The Hall–Kier alpha value is -1.69. The lowest BCUT2D eigenvalue weighted by molar-refractivity contribution is -0.387. The number of rotatable bonds is 3. The van der Waals surface area contributed by atoms with Crippen LogP contribution in [-0.2, 0) is 6.42 Å². The summed E-state index contributed by atoms with van der Waals surface area (Å²) in [6.07, 6.45) is 2.59. The number of piperidine rings is 1. The van der Waals surface area contributed by atoms with Gasteiger partial charge < -0.3 is 10.4 Å². The zero-order valence-corrected chi connectivity index (χ0v) is 9.86. The van der Waals surface area contributed by atoms with Gasteiger partial charge in [0.15, 0.2) is 0 Å². The third-order valence-corrected chi connectivity index (χ3v) is 3.25. The average Bonchev–Trinajstić information content (AvgIpc) is 2.33. The van der Waals surface area contributed by atoms with Gasteiger partial charge in [-0.25, -0.2) is 0 Å². The molecule has 98 valence electrons. The maximum Gasteiger partial charge on any atom is 0.305 e. The van der Waals surface area contributed by atoms with Crippen molar-refractivity contribution in [2.45, 2.75) is 19.3 Å². The fraction of sp³-hybridized carbons (Fsp3) is 0.500. The molecule has 0 aromatic heterocycles.